The highest BCUT2D eigenvalue weighted by Gasteiger charge is 2.35. The molecule has 1 aliphatic heterocycles. The molecule has 5 nitrogen and oxygen atoms in total. The molecule has 1 heterocycles. The summed E-state index contributed by atoms with van der Waals surface area (Å²) < 4.78 is 0. The maximum Gasteiger partial charge on any atom is 0.255 e. The second-order valence-corrected chi connectivity index (χ2v) is 4.64. The lowest BCUT2D eigenvalue weighted by atomic mass is 10.1. The highest BCUT2D eigenvalue weighted by Crippen LogP contribution is 2.15. The van der Waals surface area contributed by atoms with Crippen LogP contribution in [0.2, 0.25) is 0 Å². The summed E-state index contributed by atoms with van der Waals surface area (Å²) in [5.74, 6) is -1.12. The number of imide groups is 1. The van der Waals surface area contributed by atoms with Gasteiger partial charge in [0.2, 0.25) is 11.8 Å². The number of aryl methyl sites for hydroxylation is 1. The van der Waals surface area contributed by atoms with Crippen molar-refractivity contribution in [2.45, 2.75) is 26.3 Å². The second kappa shape index (κ2) is 5.22. The van der Waals surface area contributed by atoms with Crippen molar-refractivity contribution >= 4 is 17.7 Å². The summed E-state index contributed by atoms with van der Waals surface area (Å²) in [5.41, 5.74) is 1.47. The quantitative estimate of drug-likeness (QED) is 0.802. The van der Waals surface area contributed by atoms with Crippen LogP contribution in [0.4, 0.5) is 0 Å². The fourth-order valence-electron chi connectivity index (χ4n) is 2.23. The van der Waals surface area contributed by atoms with Gasteiger partial charge in [0.05, 0.1) is 0 Å². The third-order valence-corrected chi connectivity index (χ3v) is 3.17. The second-order valence-electron chi connectivity index (χ2n) is 4.64. The monoisotopic (exact) mass is 260 g/mol. The molecule has 1 unspecified atom stereocenters. The third kappa shape index (κ3) is 2.65. The zero-order chi connectivity index (χ0) is 14.0. The minimum Gasteiger partial charge on any atom is -0.317 e. The van der Waals surface area contributed by atoms with Crippen LogP contribution in [0.5, 0.6) is 0 Å². The normalized spacial score (nSPS) is 19.3. The van der Waals surface area contributed by atoms with Crippen LogP contribution in [-0.4, -0.2) is 35.2 Å². The molecule has 19 heavy (non-hydrogen) atoms. The van der Waals surface area contributed by atoms with E-state index in [4.69, 9.17) is 0 Å². The van der Waals surface area contributed by atoms with Crippen LogP contribution >= 0.6 is 0 Å². The van der Waals surface area contributed by atoms with Gasteiger partial charge in [-0.1, -0.05) is 24.6 Å². The zero-order valence-corrected chi connectivity index (χ0v) is 11.0. The summed E-state index contributed by atoms with van der Waals surface area (Å²) >= 11 is 0. The number of rotatable bonds is 2. The SMILES string of the molecule is CCC1C(=O)NC(=O)CN1C(=O)c1cccc(C)c1. The van der Waals surface area contributed by atoms with Crippen molar-refractivity contribution in [2.24, 2.45) is 0 Å². The van der Waals surface area contributed by atoms with Crippen molar-refractivity contribution in [3.05, 3.63) is 35.4 Å². The highest BCUT2D eigenvalue weighted by molar-refractivity contribution is 6.07. The summed E-state index contributed by atoms with van der Waals surface area (Å²) in [5, 5.41) is 2.26. The van der Waals surface area contributed by atoms with Crippen molar-refractivity contribution in [2.75, 3.05) is 6.54 Å². The number of piperazine rings is 1. The standard InChI is InChI=1S/C14H16N2O3/c1-3-11-13(18)15-12(17)8-16(11)14(19)10-6-4-5-9(2)7-10/h4-7,11H,3,8H2,1-2H3,(H,15,17,18). The van der Waals surface area contributed by atoms with Gasteiger partial charge in [0, 0.05) is 5.56 Å². The number of amides is 3. The van der Waals surface area contributed by atoms with Crippen LogP contribution in [-0.2, 0) is 9.59 Å². The summed E-state index contributed by atoms with van der Waals surface area (Å²) in [6.07, 6.45) is 0.483. The van der Waals surface area contributed by atoms with Crippen LogP contribution in [0, 0.1) is 6.92 Å². The summed E-state index contributed by atoms with van der Waals surface area (Å²) in [6.45, 7) is 3.63. The van der Waals surface area contributed by atoms with E-state index in [2.05, 4.69) is 5.32 Å². The lowest BCUT2D eigenvalue weighted by molar-refractivity contribution is -0.138. The number of carbonyl (C=O) groups excluding carboxylic acids is 3. The van der Waals surface area contributed by atoms with Gasteiger partial charge in [0.15, 0.2) is 0 Å². The average molecular weight is 260 g/mol. The van der Waals surface area contributed by atoms with E-state index < -0.39 is 17.9 Å². The molecule has 1 fully saturated rings. The molecule has 1 aromatic carbocycles. The van der Waals surface area contributed by atoms with E-state index in [1.165, 1.54) is 4.90 Å². The molecule has 0 saturated carbocycles. The molecule has 0 aromatic heterocycles. The van der Waals surface area contributed by atoms with Gasteiger partial charge in [-0.15, -0.1) is 0 Å². The number of benzene rings is 1. The minimum atomic E-state index is -0.578. The Labute approximate surface area is 111 Å². The highest BCUT2D eigenvalue weighted by atomic mass is 16.2. The molecule has 1 saturated heterocycles. The molecule has 1 aliphatic rings. The third-order valence-electron chi connectivity index (χ3n) is 3.17. The lowest BCUT2D eigenvalue weighted by Crippen LogP contribution is -2.59. The van der Waals surface area contributed by atoms with E-state index >= 15 is 0 Å². The van der Waals surface area contributed by atoms with E-state index in [0.29, 0.717) is 12.0 Å². The topological polar surface area (TPSA) is 66.5 Å². The number of carbonyl (C=O) groups is 3. The number of hydrogen-bond acceptors (Lipinski definition) is 3. The Morgan fingerprint density at radius 2 is 2.16 bits per heavy atom. The van der Waals surface area contributed by atoms with Gasteiger partial charge in [-0.2, -0.15) is 0 Å². The Balaban J connectivity index is 2.30. The van der Waals surface area contributed by atoms with Gasteiger partial charge >= 0.3 is 0 Å². The fourth-order valence-corrected chi connectivity index (χ4v) is 2.23. The van der Waals surface area contributed by atoms with Gasteiger partial charge in [-0.05, 0) is 25.5 Å². The Bertz CT molecular complexity index is 539. The van der Waals surface area contributed by atoms with Gasteiger partial charge in [-0.3, -0.25) is 19.7 Å². The molecule has 0 spiro atoms. The van der Waals surface area contributed by atoms with Crippen LogP contribution in [0.1, 0.15) is 29.3 Å². The number of nitrogens with zero attached hydrogens (tertiary/aromatic N) is 1. The van der Waals surface area contributed by atoms with Crippen molar-refractivity contribution < 1.29 is 14.4 Å². The first-order chi connectivity index (χ1) is 9.02. The molecule has 2 rings (SSSR count). The van der Waals surface area contributed by atoms with Gasteiger partial charge in [0.25, 0.3) is 5.91 Å². The predicted molar refractivity (Wildman–Crippen MR) is 69.4 cm³/mol. The molecule has 100 valence electrons. The van der Waals surface area contributed by atoms with E-state index in [-0.39, 0.29) is 12.5 Å². The van der Waals surface area contributed by atoms with Gasteiger partial charge in [0.1, 0.15) is 12.6 Å². The predicted octanol–water partition coefficient (Wildman–Crippen LogP) is 0.872. The van der Waals surface area contributed by atoms with Crippen LogP contribution in [0.15, 0.2) is 24.3 Å². The van der Waals surface area contributed by atoms with Gasteiger partial charge < -0.3 is 4.90 Å². The molecule has 3 amide bonds. The number of hydrogen-bond donors (Lipinski definition) is 1. The average Bonchev–Trinajstić information content (AvgIpc) is 2.37. The van der Waals surface area contributed by atoms with Crippen molar-refractivity contribution in [1.29, 1.82) is 0 Å². The van der Waals surface area contributed by atoms with E-state index in [1.54, 1.807) is 18.2 Å². The van der Waals surface area contributed by atoms with Crippen molar-refractivity contribution in [1.82, 2.24) is 10.2 Å². The molecule has 0 aliphatic carbocycles. The molecule has 1 N–H and O–H groups in total. The maximum absolute atomic E-state index is 12.4. The summed E-state index contributed by atoms with van der Waals surface area (Å²) in [4.78, 5) is 36.9. The first kappa shape index (κ1) is 13.3. The molecule has 0 bridgehead atoms. The lowest BCUT2D eigenvalue weighted by Gasteiger charge is -2.33. The Morgan fingerprint density at radius 1 is 1.42 bits per heavy atom. The van der Waals surface area contributed by atoms with Gasteiger partial charge in [-0.25, -0.2) is 0 Å². The van der Waals surface area contributed by atoms with E-state index in [0.717, 1.165) is 5.56 Å². The fraction of sp³-hybridized carbons (Fsp3) is 0.357. The summed E-state index contributed by atoms with van der Waals surface area (Å²) in [6, 6.07) is 6.55. The molecular formula is C14H16N2O3. The minimum absolute atomic E-state index is 0.0724. The summed E-state index contributed by atoms with van der Waals surface area (Å²) in [7, 11) is 0. The molecule has 5 heteroatoms. The van der Waals surface area contributed by atoms with E-state index in [1.807, 2.05) is 19.9 Å². The zero-order valence-electron chi connectivity index (χ0n) is 11.0. The first-order valence-corrected chi connectivity index (χ1v) is 6.24. The molecule has 1 aromatic rings. The molecule has 0 radical (unpaired) electrons. The van der Waals surface area contributed by atoms with Crippen molar-refractivity contribution in [3.63, 3.8) is 0 Å². The molecular weight excluding hydrogens is 244 g/mol. The van der Waals surface area contributed by atoms with E-state index in [9.17, 15) is 14.4 Å². The van der Waals surface area contributed by atoms with Crippen LogP contribution in [0.3, 0.4) is 0 Å². The Morgan fingerprint density at radius 3 is 2.79 bits per heavy atom. The number of nitrogens with one attached hydrogen (secondary N) is 1. The smallest absolute Gasteiger partial charge is 0.255 e. The molecule has 1 atom stereocenters. The van der Waals surface area contributed by atoms with Crippen LogP contribution < -0.4 is 5.32 Å². The Kier molecular flexibility index (Phi) is 3.64. The Hall–Kier alpha value is -2.17. The largest absolute Gasteiger partial charge is 0.317 e. The van der Waals surface area contributed by atoms with Crippen LogP contribution in [0.25, 0.3) is 0 Å². The maximum atomic E-state index is 12.4. The van der Waals surface area contributed by atoms with Crippen molar-refractivity contribution in [3.8, 4) is 0 Å². The first-order valence-electron chi connectivity index (χ1n) is 6.24.